The maximum absolute atomic E-state index is 12.1. The van der Waals surface area contributed by atoms with Gasteiger partial charge in [0.15, 0.2) is 0 Å². The molecule has 104 valence electrons. The molecule has 0 aliphatic rings. The molecule has 0 aliphatic heterocycles. The number of nitrogens with one attached hydrogen (secondary N) is 1. The Kier molecular flexibility index (Phi) is 3.51. The van der Waals surface area contributed by atoms with Crippen molar-refractivity contribution in [2.24, 2.45) is 7.05 Å². The van der Waals surface area contributed by atoms with E-state index in [0.29, 0.717) is 5.69 Å². The van der Waals surface area contributed by atoms with E-state index in [0.717, 1.165) is 11.1 Å². The van der Waals surface area contributed by atoms with Gasteiger partial charge in [-0.25, -0.2) is 0 Å². The number of benzene rings is 1. The SMILES string of the molecule is Cc1cccc(NC(=O)c2nn(C)cc2[N+](=O)[O-])c1C. The molecule has 7 nitrogen and oxygen atoms in total. The fourth-order valence-corrected chi connectivity index (χ4v) is 1.84. The van der Waals surface area contributed by atoms with Crippen LogP contribution in [0.15, 0.2) is 24.4 Å². The van der Waals surface area contributed by atoms with Crippen LogP contribution in [0.2, 0.25) is 0 Å². The van der Waals surface area contributed by atoms with Crippen molar-refractivity contribution in [3.8, 4) is 0 Å². The van der Waals surface area contributed by atoms with Gasteiger partial charge in [-0.3, -0.25) is 19.6 Å². The van der Waals surface area contributed by atoms with Gasteiger partial charge in [0.05, 0.1) is 4.92 Å². The Hall–Kier alpha value is -2.70. The molecule has 1 heterocycles. The van der Waals surface area contributed by atoms with Gasteiger partial charge in [-0.1, -0.05) is 12.1 Å². The summed E-state index contributed by atoms with van der Waals surface area (Å²) in [5.74, 6) is -0.592. The first kappa shape index (κ1) is 13.7. The van der Waals surface area contributed by atoms with E-state index >= 15 is 0 Å². The van der Waals surface area contributed by atoms with Gasteiger partial charge in [0.1, 0.15) is 6.20 Å². The topological polar surface area (TPSA) is 90.1 Å². The third-order valence-electron chi connectivity index (χ3n) is 3.07. The van der Waals surface area contributed by atoms with Crippen molar-refractivity contribution in [2.75, 3.05) is 5.32 Å². The summed E-state index contributed by atoms with van der Waals surface area (Å²) < 4.78 is 1.25. The molecular weight excluding hydrogens is 260 g/mol. The molecule has 7 heteroatoms. The molecule has 0 saturated heterocycles. The Balaban J connectivity index is 2.33. The number of nitrogens with zero attached hydrogens (tertiary/aromatic N) is 3. The van der Waals surface area contributed by atoms with Gasteiger partial charge >= 0.3 is 5.69 Å². The van der Waals surface area contributed by atoms with Gasteiger partial charge in [-0.05, 0) is 31.0 Å². The van der Waals surface area contributed by atoms with Crippen LogP contribution in [-0.2, 0) is 7.05 Å². The zero-order valence-corrected chi connectivity index (χ0v) is 11.4. The third-order valence-corrected chi connectivity index (χ3v) is 3.07. The lowest BCUT2D eigenvalue weighted by molar-refractivity contribution is -0.385. The summed E-state index contributed by atoms with van der Waals surface area (Å²) in [6.45, 7) is 3.80. The molecule has 0 fully saturated rings. The van der Waals surface area contributed by atoms with E-state index in [1.54, 1.807) is 6.07 Å². The van der Waals surface area contributed by atoms with Crippen molar-refractivity contribution in [1.82, 2.24) is 9.78 Å². The van der Waals surface area contributed by atoms with E-state index in [-0.39, 0.29) is 11.4 Å². The number of aromatic nitrogens is 2. The van der Waals surface area contributed by atoms with Gasteiger partial charge in [0.25, 0.3) is 5.91 Å². The van der Waals surface area contributed by atoms with Crippen molar-refractivity contribution < 1.29 is 9.72 Å². The standard InChI is InChI=1S/C13H14N4O3/c1-8-5-4-6-10(9(8)2)14-13(18)12-11(17(19)20)7-16(3)15-12/h4-7H,1-3H3,(H,14,18). The van der Waals surface area contributed by atoms with Crippen LogP contribution in [-0.4, -0.2) is 20.6 Å². The molecule has 0 aliphatic carbocycles. The average Bonchev–Trinajstić information content (AvgIpc) is 2.77. The maximum atomic E-state index is 12.1. The monoisotopic (exact) mass is 274 g/mol. The zero-order valence-electron chi connectivity index (χ0n) is 11.4. The molecule has 0 radical (unpaired) electrons. The minimum atomic E-state index is -0.620. The zero-order chi connectivity index (χ0) is 14.9. The molecule has 1 aromatic heterocycles. The molecule has 0 atom stereocenters. The van der Waals surface area contributed by atoms with Crippen LogP contribution in [0.25, 0.3) is 0 Å². The Morgan fingerprint density at radius 2 is 2.10 bits per heavy atom. The molecule has 0 unspecified atom stereocenters. The van der Waals surface area contributed by atoms with Crippen molar-refractivity contribution in [3.63, 3.8) is 0 Å². The quantitative estimate of drug-likeness (QED) is 0.686. The highest BCUT2D eigenvalue weighted by molar-refractivity contribution is 6.05. The Labute approximate surface area is 115 Å². The minimum absolute atomic E-state index is 0.196. The first-order valence-corrected chi connectivity index (χ1v) is 5.95. The van der Waals surface area contributed by atoms with Crippen LogP contribution in [0, 0.1) is 24.0 Å². The lowest BCUT2D eigenvalue weighted by atomic mass is 10.1. The van der Waals surface area contributed by atoms with Gasteiger partial charge < -0.3 is 5.32 Å². The second-order valence-electron chi connectivity index (χ2n) is 4.50. The number of hydrogen-bond donors (Lipinski definition) is 1. The summed E-state index contributed by atoms with van der Waals surface area (Å²) in [7, 11) is 1.53. The lowest BCUT2D eigenvalue weighted by Crippen LogP contribution is -2.15. The Morgan fingerprint density at radius 1 is 1.40 bits per heavy atom. The van der Waals surface area contributed by atoms with E-state index in [1.165, 1.54) is 17.9 Å². The Bertz CT molecular complexity index is 691. The van der Waals surface area contributed by atoms with Crippen LogP contribution < -0.4 is 5.32 Å². The number of anilines is 1. The van der Waals surface area contributed by atoms with Gasteiger partial charge in [-0.15, -0.1) is 0 Å². The third kappa shape index (κ3) is 2.51. The number of rotatable bonds is 3. The minimum Gasteiger partial charge on any atom is -0.320 e. The van der Waals surface area contributed by atoms with Crippen LogP contribution in [0.4, 0.5) is 11.4 Å². The van der Waals surface area contributed by atoms with Crippen LogP contribution >= 0.6 is 0 Å². The summed E-state index contributed by atoms with van der Waals surface area (Å²) >= 11 is 0. The smallest absolute Gasteiger partial charge is 0.320 e. The van der Waals surface area contributed by atoms with Crippen molar-refractivity contribution >= 4 is 17.3 Å². The molecule has 0 bridgehead atoms. The molecule has 0 spiro atoms. The van der Waals surface area contributed by atoms with Gasteiger partial charge in [0, 0.05) is 12.7 Å². The summed E-state index contributed by atoms with van der Waals surface area (Å²) in [5, 5.41) is 17.4. The van der Waals surface area contributed by atoms with Crippen LogP contribution in [0.1, 0.15) is 21.6 Å². The van der Waals surface area contributed by atoms with E-state index in [1.807, 2.05) is 26.0 Å². The largest absolute Gasteiger partial charge is 0.320 e. The highest BCUT2D eigenvalue weighted by Gasteiger charge is 2.25. The molecule has 1 N–H and O–H groups in total. The second-order valence-corrected chi connectivity index (χ2v) is 4.50. The average molecular weight is 274 g/mol. The van der Waals surface area contributed by atoms with E-state index in [2.05, 4.69) is 10.4 Å². The number of carbonyl (C=O) groups is 1. The number of carbonyl (C=O) groups excluding carboxylic acids is 1. The summed E-state index contributed by atoms with van der Waals surface area (Å²) in [4.78, 5) is 22.4. The van der Waals surface area contributed by atoms with Gasteiger partial charge in [-0.2, -0.15) is 5.10 Å². The molecule has 2 rings (SSSR count). The molecule has 0 saturated carbocycles. The van der Waals surface area contributed by atoms with Crippen LogP contribution in [0.5, 0.6) is 0 Å². The fourth-order valence-electron chi connectivity index (χ4n) is 1.84. The molecule has 1 amide bonds. The highest BCUT2D eigenvalue weighted by Crippen LogP contribution is 2.21. The summed E-state index contributed by atoms with van der Waals surface area (Å²) in [6, 6.07) is 5.48. The number of aryl methyl sites for hydroxylation is 2. The highest BCUT2D eigenvalue weighted by atomic mass is 16.6. The summed E-state index contributed by atoms with van der Waals surface area (Å²) in [6.07, 6.45) is 1.21. The van der Waals surface area contributed by atoms with Crippen molar-refractivity contribution in [1.29, 1.82) is 0 Å². The van der Waals surface area contributed by atoms with E-state index < -0.39 is 10.8 Å². The first-order valence-electron chi connectivity index (χ1n) is 5.95. The predicted octanol–water partition coefficient (Wildman–Crippen LogP) is 2.20. The first-order chi connectivity index (χ1) is 9.40. The van der Waals surface area contributed by atoms with Crippen LogP contribution in [0.3, 0.4) is 0 Å². The molecular formula is C13H14N4O3. The lowest BCUT2D eigenvalue weighted by Gasteiger charge is -2.08. The predicted molar refractivity (Wildman–Crippen MR) is 73.7 cm³/mol. The van der Waals surface area contributed by atoms with Gasteiger partial charge in [0.2, 0.25) is 5.69 Å². The number of amides is 1. The maximum Gasteiger partial charge on any atom is 0.320 e. The Morgan fingerprint density at radius 3 is 2.75 bits per heavy atom. The molecule has 20 heavy (non-hydrogen) atoms. The molecule has 1 aromatic carbocycles. The number of hydrogen-bond acceptors (Lipinski definition) is 4. The fraction of sp³-hybridized carbons (Fsp3) is 0.231. The van der Waals surface area contributed by atoms with Crippen molar-refractivity contribution in [3.05, 3.63) is 51.3 Å². The molecule has 2 aromatic rings. The van der Waals surface area contributed by atoms with E-state index in [9.17, 15) is 14.9 Å². The summed E-state index contributed by atoms with van der Waals surface area (Å²) in [5.41, 5.74) is 2.06. The van der Waals surface area contributed by atoms with E-state index in [4.69, 9.17) is 0 Å². The normalized spacial score (nSPS) is 10.3. The number of nitro groups is 1. The van der Waals surface area contributed by atoms with Crippen molar-refractivity contribution in [2.45, 2.75) is 13.8 Å². The second kappa shape index (κ2) is 5.12.